The van der Waals surface area contributed by atoms with Crippen LogP contribution in [-0.4, -0.2) is 33.7 Å². The van der Waals surface area contributed by atoms with Crippen LogP contribution in [0.3, 0.4) is 0 Å². The minimum Gasteiger partial charge on any atom is -0.496 e. The number of aromatic amines is 1. The first-order valence-electron chi connectivity index (χ1n) is 9.05. The highest BCUT2D eigenvalue weighted by Crippen LogP contribution is 2.34. The van der Waals surface area contributed by atoms with Gasteiger partial charge in [0.1, 0.15) is 11.6 Å². The molecule has 0 atom stereocenters. The molecular formula is C22H22N4O2. The SMILES string of the molecule is COCc1cc(-c2c(-c3ccccc3)ncn2Cc2ncc[nH]2)ccc1OC. The van der Waals surface area contributed by atoms with Gasteiger partial charge in [-0.25, -0.2) is 9.97 Å². The minimum atomic E-state index is 0.476. The van der Waals surface area contributed by atoms with Crippen LogP contribution in [-0.2, 0) is 17.9 Å². The number of aromatic nitrogens is 4. The molecule has 0 saturated heterocycles. The lowest BCUT2D eigenvalue weighted by molar-refractivity contribution is 0.181. The predicted molar refractivity (Wildman–Crippen MR) is 108 cm³/mol. The zero-order valence-corrected chi connectivity index (χ0v) is 15.9. The summed E-state index contributed by atoms with van der Waals surface area (Å²) in [4.78, 5) is 12.2. The van der Waals surface area contributed by atoms with Crippen molar-refractivity contribution < 1.29 is 9.47 Å². The normalized spacial score (nSPS) is 10.9. The monoisotopic (exact) mass is 374 g/mol. The van der Waals surface area contributed by atoms with Crippen molar-refractivity contribution in [3.05, 3.63) is 78.6 Å². The van der Waals surface area contributed by atoms with Gasteiger partial charge in [-0.1, -0.05) is 30.3 Å². The maximum atomic E-state index is 5.48. The third kappa shape index (κ3) is 3.54. The first-order valence-corrected chi connectivity index (χ1v) is 9.05. The molecule has 6 heteroatoms. The Kier molecular flexibility index (Phi) is 5.21. The molecule has 0 unspecified atom stereocenters. The number of hydrogen-bond acceptors (Lipinski definition) is 4. The van der Waals surface area contributed by atoms with Gasteiger partial charge in [-0.3, -0.25) is 0 Å². The van der Waals surface area contributed by atoms with E-state index >= 15 is 0 Å². The maximum Gasteiger partial charge on any atom is 0.126 e. The molecule has 1 N–H and O–H groups in total. The zero-order chi connectivity index (χ0) is 19.3. The van der Waals surface area contributed by atoms with Crippen LogP contribution in [0.4, 0.5) is 0 Å². The Morgan fingerprint density at radius 2 is 1.86 bits per heavy atom. The largest absolute Gasteiger partial charge is 0.496 e. The van der Waals surface area contributed by atoms with E-state index in [1.165, 1.54) is 0 Å². The molecule has 0 amide bonds. The number of benzene rings is 2. The van der Waals surface area contributed by atoms with Crippen molar-refractivity contribution in [1.82, 2.24) is 19.5 Å². The van der Waals surface area contributed by atoms with Crippen molar-refractivity contribution in [3.8, 4) is 28.3 Å². The van der Waals surface area contributed by atoms with E-state index in [1.54, 1.807) is 20.4 Å². The van der Waals surface area contributed by atoms with Crippen LogP contribution in [0, 0.1) is 0 Å². The number of ether oxygens (including phenoxy) is 2. The summed E-state index contributed by atoms with van der Waals surface area (Å²) in [6.07, 6.45) is 5.45. The third-order valence-corrected chi connectivity index (χ3v) is 4.61. The second-order valence-corrected chi connectivity index (χ2v) is 6.43. The average Bonchev–Trinajstić information content (AvgIpc) is 3.39. The highest BCUT2D eigenvalue weighted by atomic mass is 16.5. The molecule has 0 aliphatic carbocycles. The van der Waals surface area contributed by atoms with Crippen LogP contribution in [0.5, 0.6) is 5.75 Å². The van der Waals surface area contributed by atoms with E-state index in [2.05, 4.69) is 38.8 Å². The summed E-state index contributed by atoms with van der Waals surface area (Å²) in [7, 11) is 3.35. The van der Waals surface area contributed by atoms with Crippen LogP contribution in [0.1, 0.15) is 11.4 Å². The van der Waals surface area contributed by atoms with Crippen molar-refractivity contribution in [2.75, 3.05) is 14.2 Å². The van der Waals surface area contributed by atoms with E-state index in [1.807, 2.05) is 36.8 Å². The van der Waals surface area contributed by atoms with Crippen LogP contribution in [0.15, 0.2) is 67.3 Å². The molecule has 4 aromatic rings. The van der Waals surface area contributed by atoms with Gasteiger partial charge in [0, 0.05) is 36.2 Å². The zero-order valence-electron chi connectivity index (χ0n) is 15.9. The van der Waals surface area contributed by atoms with Crippen molar-refractivity contribution in [2.24, 2.45) is 0 Å². The summed E-state index contributed by atoms with van der Waals surface area (Å²) in [6, 6.07) is 16.3. The molecule has 0 spiro atoms. The number of imidazole rings is 2. The highest BCUT2D eigenvalue weighted by molar-refractivity contribution is 5.79. The van der Waals surface area contributed by atoms with E-state index in [4.69, 9.17) is 14.5 Å². The Balaban J connectivity index is 1.86. The fraction of sp³-hybridized carbons (Fsp3) is 0.182. The molecule has 0 bridgehead atoms. The van der Waals surface area contributed by atoms with Gasteiger partial charge in [-0.2, -0.15) is 0 Å². The van der Waals surface area contributed by atoms with E-state index in [0.717, 1.165) is 39.7 Å². The van der Waals surface area contributed by atoms with Crippen molar-refractivity contribution in [1.29, 1.82) is 0 Å². The fourth-order valence-corrected chi connectivity index (χ4v) is 3.35. The number of nitrogens with one attached hydrogen (secondary N) is 1. The number of hydrogen-bond donors (Lipinski definition) is 1. The topological polar surface area (TPSA) is 65.0 Å². The quantitative estimate of drug-likeness (QED) is 0.528. The summed E-state index contributed by atoms with van der Waals surface area (Å²) in [6.45, 7) is 1.08. The van der Waals surface area contributed by atoms with Gasteiger partial charge >= 0.3 is 0 Å². The Labute approximate surface area is 163 Å². The molecule has 2 aromatic heterocycles. The van der Waals surface area contributed by atoms with Crippen LogP contribution in [0.2, 0.25) is 0 Å². The fourth-order valence-electron chi connectivity index (χ4n) is 3.35. The number of H-pyrrole nitrogens is 1. The molecule has 6 nitrogen and oxygen atoms in total. The molecule has 0 saturated carbocycles. The first-order chi connectivity index (χ1) is 13.8. The summed E-state index contributed by atoms with van der Waals surface area (Å²) >= 11 is 0. The van der Waals surface area contributed by atoms with E-state index in [0.29, 0.717) is 13.2 Å². The van der Waals surface area contributed by atoms with Gasteiger partial charge in [-0.15, -0.1) is 0 Å². The Bertz CT molecular complexity index is 1040. The van der Waals surface area contributed by atoms with Crippen molar-refractivity contribution in [3.63, 3.8) is 0 Å². The van der Waals surface area contributed by atoms with Gasteiger partial charge in [0.05, 0.1) is 38.0 Å². The van der Waals surface area contributed by atoms with Gasteiger partial charge < -0.3 is 19.0 Å². The summed E-state index contributed by atoms with van der Waals surface area (Å²) in [5.74, 6) is 1.69. The van der Waals surface area contributed by atoms with Gasteiger partial charge in [0.25, 0.3) is 0 Å². The minimum absolute atomic E-state index is 0.476. The summed E-state index contributed by atoms with van der Waals surface area (Å²) in [5, 5.41) is 0. The summed E-state index contributed by atoms with van der Waals surface area (Å²) in [5.41, 5.74) is 5.08. The van der Waals surface area contributed by atoms with Gasteiger partial charge in [0.15, 0.2) is 0 Å². The smallest absolute Gasteiger partial charge is 0.126 e. The molecule has 0 aliphatic rings. The van der Waals surface area contributed by atoms with Crippen LogP contribution < -0.4 is 4.74 Å². The van der Waals surface area contributed by atoms with Crippen LogP contribution >= 0.6 is 0 Å². The molecule has 0 fully saturated rings. The third-order valence-electron chi connectivity index (χ3n) is 4.61. The molecule has 0 radical (unpaired) electrons. The lowest BCUT2D eigenvalue weighted by Gasteiger charge is -2.13. The molecular weight excluding hydrogens is 352 g/mol. The molecule has 2 aromatic carbocycles. The average molecular weight is 374 g/mol. The highest BCUT2D eigenvalue weighted by Gasteiger charge is 2.17. The maximum absolute atomic E-state index is 5.48. The lowest BCUT2D eigenvalue weighted by atomic mass is 10.0. The first kappa shape index (κ1) is 18.0. The second kappa shape index (κ2) is 8.10. The lowest BCUT2D eigenvalue weighted by Crippen LogP contribution is -2.03. The predicted octanol–water partition coefficient (Wildman–Crippen LogP) is 4.14. The van der Waals surface area contributed by atoms with Gasteiger partial charge in [-0.05, 0) is 18.2 Å². The van der Waals surface area contributed by atoms with Gasteiger partial charge in [0.2, 0.25) is 0 Å². The van der Waals surface area contributed by atoms with E-state index in [9.17, 15) is 0 Å². The van der Waals surface area contributed by atoms with Crippen molar-refractivity contribution >= 4 is 0 Å². The Morgan fingerprint density at radius 1 is 1.00 bits per heavy atom. The Hall–Kier alpha value is -3.38. The standard InChI is InChI=1S/C22H22N4O2/c1-27-14-18-12-17(8-9-19(18)28-2)22-21(16-6-4-3-5-7-16)25-15-26(22)13-20-23-10-11-24-20/h3-12,15H,13-14H2,1-2H3,(H,23,24). The number of methoxy groups -OCH3 is 2. The second-order valence-electron chi connectivity index (χ2n) is 6.43. The van der Waals surface area contributed by atoms with Crippen molar-refractivity contribution in [2.45, 2.75) is 13.2 Å². The molecule has 2 heterocycles. The Morgan fingerprint density at radius 3 is 2.57 bits per heavy atom. The molecule has 142 valence electrons. The summed E-state index contributed by atoms with van der Waals surface area (Å²) < 4.78 is 12.9. The van der Waals surface area contributed by atoms with Crippen LogP contribution in [0.25, 0.3) is 22.5 Å². The van der Waals surface area contributed by atoms with E-state index < -0.39 is 0 Å². The molecule has 28 heavy (non-hydrogen) atoms. The van der Waals surface area contributed by atoms with E-state index in [-0.39, 0.29) is 0 Å². The molecule has 0 aliphatic heterocycles. The number of rotatable bonds is 7. The molecule has 4 rings (SSSR count). The number of nitrogens with zero attached hydrogens (tertiary/aromatic N) is 3.